The summed E-state index contributed by atoms with van der Waals surface area (Å²) in [5.41, 5.74) is 6.02. The van der Waals surface area contributed by atoms with E-state index in [0.29, 0.717) is 13.1 Å². The van der Waals surface area contributed by atoms with Crippen LogP contribution in [0.4, 0.5) is 15.8 Å². The standard InChI is InChI=1S/C15H21FN6O/c1-15(2,3)21-13-6-10(12(17)7-11(13)16)14(23)18-4-5-22-8-19-20-9-22/h6-9,21H,4-5,17H2,1-3H3,(H,18,23). The number of hydrogen-bond acceptors (Lipinski definition) is 5. The Hall–Kier alpha value is -2.64. The first-order valence-corrected chi connectivity index (χ1v) is 7.24. The van der Waals surface area contributed by atoms with Crippen molar-refractivity contribution in [3.05, 3.63) is 36.2 Å². The molecule has 0 aliphatic carbocycles. The smallest absolute Gasteiger partial charge is 0.253 e. The Kier molecular flexibility index (Phi) is 4.83. The number of nitrogen functional groups attached to an aromatic ring is 1. The van der Waals surface area contributed by atoms with Gasteiger partial charge >= 0.3 is 0 Å². The van der Waals surface area contributed by atoms with Crippen LogP contribution in [0.25, 0.3) is 0 Å². The van der Waals surface area contributed by atoms with Crippen molar-refractivity contribution in [3.63, 3.8) is 0 Å². The van der Waals surface area contributed by atoms with Crippen molar-refractivity contribution in [2.24, 2.45) is 0 Å². The molecule has 0 radical (unpaired) electrons. The number of rotatable bonds is 5. The number of nitrogens with one attached hydrogen (secondary N) is 2. The van der Waals surface area contributed by atoms with E-state index in [1.165, 1.54) is 6.07 Å². The molecule has 0 saturated carbocycles. The molecule has 1 heterocycles. The van der Waals surface area contributed by atoms with E-state index in [2.05, 4.69) is 20.8 Å². The number of carbonyl (C=O) groups excluding carboxylic acids is 1. The molecule has 0 fully saturated rings. The molecule has 0 aliphatic rings. The summed E-state index contributed by atoms with van der Waals surface area (Å²) in [5.74, 6) is -0.842. The Morgan fingerprint density at radius 3 is 2.57 bits per heavy atom. The van der Waals surface area contributed by atoms with Crippen LogP contribution in [-0.2, 0) is 6.54 Å². The van der Waals surface area contributed by atoms with Gasteiger partial charge in [0.1, 0.15) is 18.5 Å². The van der Waals surface area contributed by atoms with Gasteiger partial charge in [0.25, 0.3) is 5.91 Å². The molecule has 0 aliphatic heterocycles. The molecule has 0 bridgehead atoms. The zero-order valence-electron chi connectivity index (χ0n) is 13.4. The molecule has 8 heteroatoms. The summed E-state index contributed by atoms with van der Waals surface area (Å²) < 4.78 is 15.7. The zero-order valence-corrected chi connectivity index (χ0v) is 13.4. The highest BCUT2D eigenvalue weighted by molar-refractivity contribution is 6.00. The van der Waals surface area contributed by atoms with Gasteiger partial charge in [-0.05, 0) is 32.9 Å². The van der Waals surface area contributed by atoms with Crippen molar-refractivity contribution in [3.8, 4) is 0 Å². The van der Waals surface area contributed by atoms with E-state index in [9.17, 15) is 9.18 Å². The van der Waals surface area contributed by atoms with Crippen molar-refractivity contribution in [2.45, 2.75) is 32.9 Å². The summed E-state index contributed by atoms with van der Waals surface area (Å²) in [6.07, 6.45) is 3.12. The second-order valence-corrected chi connectivity index (χ2v) is 6.25. The third kappa shape index (κ3) is 4.67. The van der Waals surface area contributed by atoms with Crippen LogP contribution in [0.15, 0.2) is 24.8 Å². The SMILES string of the molecule is CC(C)(C)Nc1cc(C(=O)NCCn2cnnc2)c(N)cc1F. The normalized spacial score (nSPS) is 11.3. The topological polar surface area (TPSA) is 97.9 Å². The van der Waals surface area contributed by atoms with Crippen molar-refractivity contribution in [1.29, 1.82) is 0 Å². The Labute approximate surface area is 134 Å². The van der Waals surface area contributed by atoms with Crippen LogP contribution in [0.5, 0.6) is 0 Å². The van der Waals surface area contributed by atoms with Crippen LogP contribution in [0, 0.1) is 5.82 Å². The summed E-state index contributed by atoms with van der Waals surface area (Å²) in [7, 11) is 0. The number of carbonyl (C=O) groups is 1. The monoisotopic (exact) mass is 320 g/mol. The zero-order chi connectivity index (χ0) is 17.0. The van der Waals surface area contributed by atoms with Gasteiger partial charge in [-0.25, -0.2) is 4.39 Å². The predicted molar refractivity (Wildman–Crippen MR) is 86.5 cm³/mol. The first-order chi connectivity index (χ1) is 10.8. The average molecular weight is 320 g/mol. The molecular formula is C15H21FN6O. The molecule has 2 aromatic rings. The fourth-order valence-corrected chi connectivity index (χ4v) is 2.02. The molecule has 0 saturated heterocycles. The van der Waals surface area contributed by atoms with Crippen LogP contribution < -0.4 is 16.4 Å². The highest BCUT2D eigenvalue weighted by atomic mass is 19.1. The molecule has 0 atom stereocenters. The Morgan fingerprint density at radius 1 is 1.30 bits per heavy atom. The van der Waals surface area contributed by atoms with E-state index in [4.69, 9.17) is 5.73 Å². The number of halogens is 1. The van der Waals surface area contributed by atoms with Gasteiger partial charge < -0.3 is 20.9 Å². The van der Waals surface area contributed by atoms with Crippen LogP contribution >= 0.6 is 0 Å². The fraction of sp³-hybridized carbons (Fsp3) is 0.400. The molecule has 124 valence electrons. The largest absolute Gasteiger partial charge is 0.398 e. The van der Waals surface area contributed by atoms with Crippen LogP contribution in [-0.4, -0.2) is 32.8 Å². The second kappa shape index (κ2) is 6.64. The molecule has 0 spiro atoms. The lowest BCUT2D eigenvalue weighted by Crippen LogP contribution is -2.29. The minimum absolute atomic E-state index is 0.101. The van der Waals surface area contributed by atoms with Gasteiger partial charge in [-0.3, -0.25) is 4.79 Å². The van der Waals surface area contributed by atoms with Gasteiger partial charge in [0.2, 0.25) is 0 Å². The molecule has 1 amide bonds. The van der Waals surface area contributed by atoms with Gasteiger partial charge in [-0.1, -0.05) is 0 Å². The summed E-state index contributed by atoms with van der Waals surface area (Å²) in [5, 5.41) is 13.1. The number of nitrogens with zero attached hydrogens (tertiary/aromatic N) is 3. The lowest BCUT2D eigenvalue weighted by Gasteiger charge is -2.23. The maximum atomic E-state index is 14.0. The molecule has 0 unspecified atom stereocenters. The minimum Gasteiger partial charge on any atom is -0.398 e. The second-order valence-electron chi connectivity index (χ2n) is 6.25. The summed E-state index contributed by atoms with van der Waals surface area (Å²) in [6, 6.07) is 2.59. The highest BCUT2D eigenvalue weighted by Gasteiger charge is 2.17. The van der Waals surface area contributed by atoms with Crippen molar-refractivity contribution >= 4 is 17.3 Å². The molecule has 7 nitrogen and oxygen atoms in total. The predicted octanol–water partition coefficient (Wildman–Crippen LogP) is 1.64. The fourth-order valence-electron chi connectivity index (χ4n) is 2.02. The maximum Gasteiger partial charge on any atom is 0.253 e. The van der Waals surface area contributed by atoms with E-state index in [0.717, 1.165) is 6.07 Å². The van der Waals surface area contributed by atoms with E-state index < -0.39 is 5.82 Å². The quantitative estimate of drug-likeness (QED) is 0.728. The Bertz CT molecular complexity index is 678. The summed E-state index contributed by atoms with van der Waals surface area (Å²) in [4.78, 5) is 12.2. The average Bonchev–Trinajstić information content (AvgIpc) is 2.93. The Balaban J connectivity index is 2.08. The first-order valence-electron chi connectivity index (χ1n) is 7.24. The van der Waals surface area contributed by atoms with Gasteiger partial charge in [-0.2, -0.15) is 0 Å². The number of benzene rings is 1. The Morgan fingerprint density at radius 2 is 1.96 bits per heavy atom. The summed E-state index contributed by atoms with van der Waals surface area (Å²) in [6.45, 7) is 6.63. The molecular weight excluding hydrogens is 299 g/mol. The van der Waals surface area contributed by atoms with Crippen LogP contribution in [0.1, 0.15) is 31.1 Å². The number of amides is 1. The van der Waals surface area contributed by atoms with Gasteiger partial charge in [0, 0.05) is 24.3 Å². The van der Waals surface area contributed by atoms with Crippen LogP contribution in [0.3, 0.4) is 0 Å². The van der Waals surface area contributed by atoms with Gasteiger partial charge in [-0.15, -0.1) is 10.2 Å². The lowest BCUT2D eigenvalue weighted by molar-refractivity contribution is 0.0953. The van der Waals surface area contributed by atoms with E-state index >= 15 is 0 Å². The molecule has 23 heavy (non-hydrogen) atoms. The number of hydrogen-bond donors (Lipinski definition) is 3. The molecule has 1 aromatic heterocycles. The lowest BCUT2D eigenvalue weighted by atomic mass is 10.1. The first kappa shape index (κ1) is 16.7. The van der Waals surface area contributed by atoms with Gasteiger partial charge in [0.05, 0.1) is 11.3 Å². The minimum atomic E-state index is -0.488. The highest BCUT2D eigenvalue weighted by Crippen LogP contribution is 2.24. The number of aromatic nitrogens is 3. The molecule has 2 rings (SSSR count). The van der Waals surface area contributed by atoms with Gasteiger partial charge in [0.15, 0.2) is 0 Å². The van der Waals surface area contributed by atoms with Crippen LogP contribution in [0.2, 0.25) is 0 Å². The molecule has 4 N–H and O–H groups in total. The van der Waals surface area contributed by atoms with Crippen molar-refractivity contribution < 1.29 is 9.18 Å². The van der Waals surface area contributed by atoms with E-state index in [1.807, 2.05) is 20.8 Å². The molecule has 1 aromatic carbocycles. The van der Waals surface area contributed by atoms with E-state index in [-0.39, 0.29) is 28.4 Å². The summed E-state index contributed by atoms with van der Waals surface area (Å²) >= 11 is 0. The van der Waals surface area contributed by atoms with Crippen molar-refractivity contribution in [1.82, 2.24) is 20.1 Å². The maximum absolute atomic E-state index is 14.0. The number of nitrogens with two attached hydrogens (primary N) is 1. The van der Waals surface area contributed by atoms with Crippen molar-refractivity contribution in [2.75, 3.05) is 17.6 Å². The van der Waals surface area contributed by atoms with E-state index in [1.54, 1.807) is 17.2 Å². The number of anilines is 2. The third-order valence-electron chi connectivity index (χ3n) is 3.02. The third-order valence-corrected chi connectivity index (χ3v) is 3.02.